The number of nitrogens with one attached hydrogen (secondary N) is 1. The second kappa shape index (κ2) is 6.64. The maximum absolute atomic E-state index is 12.7. The van der Waals surface area contributed by atoms with Gasteiger partial charge in [0.15, 0.2) is 11.3 Å². The highest BCUT2D eigenvalue weighted by Crippen LogP contribution is 2.45. The third kappa shape index (κ3) is 2.80. The van der Waals surface area contributed by atoms with Gasteiger partial charge in [0.1, 0.15) is 17.1 Å². The van der Waals surface area contributed by atoms with Crippen molar-refractivity contribution in [3.8, 4) is 23.0 Å². The number of methoxy groups -OCH3 is 3. The molecule has 0 aliphatic rings. The normalized spacial score (nSPS) is 10.5. The molecule has 130 valence electrons. The van der Waals surface area contributed by atoms with E-state index in [0.29, 0.717) is 22.4 Å². The highest BCUT2D eigenvalue weighted by atomic mass is 16.5. The van der Waals surface area contributed by atoms with Gasteiger partial charge < -0.3 is 29.1 Å². The van der Waals surface area contributed by atoms with Crippen molar-refractivity contribution in [1.29, 1.82) is 0 Å². The van der Waals surface area contributed by atoms with Crippen LogP contribution in [0.3, 0.4) is 0 Å². The molecular formula is C18H17NO6. The number of phenolic OH excluding ortho intramolecular Hbond substituents is 1. The number of hydrogen-bond acceptors (Lipinski definition) is 6. The van der Waals surface area contributed by atoms with Crippen molar-refractivity contribution in [1.82, 2.24) is 0 Å². The van der Waals surface area contributed by atoms with Crippen LogP contribution in [0.15, 0.2) is 41.0 Å². The lowest BCUT2D eigenvalue weighted by molar-refractivity contribution is 0.102. The Bertz CT molecular complexity index is 913. The lowest BCUT2D eigenvalue weighted by atomic mass is 10.1. The van der Waals surface area contributed by atoms with Crippen LogP contribution in [0.25, 0.3) is 11.0 Å². The monoisotopic (exact) mass is 343 g/mol. The number of anilines is 1. The van der Waals surface area contributed by atoms with E-state index in [-0.39, 0.29) is 22.8 Å². The molecule has 3 rings (SSSR count). The van der Waals surface area contributed by atoms with Crippen LogP contribution in [-0.2, 0) is 0 Å². The Morgan fingerprint density at radius 2 is 1.68 bits per heavy atom. The molecule has 1 aromatic heterocycles. The van der Waals surface area contributed by atoms with Crippen molar-refractivity contribution in [3.63, 3.8) is 0 Å². The van der Waals surface area contributed by atoms with Crippen molar-refractivity contribution in [2.24, 2.45) is 0 Å². The molecule has 3 aromatic rings. The van der Waals surface area contributed by atoms with Crippen LogP contribution in [0.5, 0.6) is 23.0 Å². The summed E-state index contributed by atoms with van der Waals surface area (Å²) in [6, 6.07) is 8.45. The summed E-state index contributed by atoms with van der Waals surface area (Å²) in [6.45, 7) is 0. The summed E-state index contributed by atoms with van der Waals surface area (Å²) in [7, 11) is 4.36. The van der Waals surface area contributed by atoms with Gasteiger partial charge >= 0.3 is 0 Å². The van der Waals surface area contributed by atoms with Crippen LogP contribution in [0.2, 0.25) is 0 Å². The van der Waals surface area contributed by atoms with Gasteiger partial charge in [0.2, 0.25) is 5.75 Å². The van der Waals surface area contributed by atoms with E-state index >= 15 is 0 Å². The van der Waals surface area contributed by atoms with Gasteiger partial charge in [-0.1, -0.05) is 0 Å². The number of carbonyl (C=O) groups excluding carboxylic acids is 1. The molecule has 2 aromatic carbocycles. The van der Waals surface area contributed by atoms with E-state index in [0.717, 1.165) is 0 Å². The van der Waals surface area contributed by atoms with Gasteiger partial charge in [0.25, 0.3) is 5.91 Å². The van der Waals surface area contributed by atoms with E-state index in [9.17, 15) is 9.90 Å². The largest absolute Gasteiger partial charge is 0.504 e. The van der Waals surface area contributed by atoms with Crippen molar-refractivity contribution >= 4 is 22.6 Å². The van der Waals surface area contributed by atoms with E-state index in [1.54, 1.807) is 37.4 Å². The molecule has 0 saturated heterocycles. The van der Waals surface area contributed by atoms with Crippen molar-refractivity contribution in [3.05, 3.63) is 42.2 Å². The molecule has 7 heteroatoms. The second-order valence-corrected chi connectivity index (χ2v) is 5.14. The van der Waals surface area contributed by atoms with Crippen LogP contribution in [0.4, 0.5) is 5.69 Å². The Kier molecular flexibility index (Phi) is 4.38. The summed E-state index contributed by atoms with van der Waals surface area (Å²) in [4.78, 5) is 12.7. The van der Waals surface area contributed by atoms with Gasteiger partial charge in [0, 0.05) is 5.69 Å². The standard InChI is InChI=1S/C18H17NO6/c1-22-11-6-4-10(5-7-11)19-18(21)13-14(20)17(24-3)16-12(8-9-25-16)15(13)23-2/h4-9,20H,1-3H3,(H,19,21). The third-order valence-corrected chi connectivity index (χ3v) is 3.78. The molecule has 1 heterocycles. The highest BCUT2D eigenvalue weighted by molar-refractivity contribution is 6.13. The van der Waals surface area contributed by atoms with Crippen LogP contribution in [-0.4, -0.2) is 32.3 Å². The van der Waals surface area contributed by atoms with Crippen molar-refractivity contribution in [2.75, 3.05) is 26.6 Å². The van der Waals surface area contributed by atoms with Crippen molar-refractivity contribution < 1.29 is 28.5 Å². The van der Waals surface area contributed by atoms with E-state index in [4.69, 9.17) is 18.6 Å². The predicted octanol–water partition coefficient (Wildman–Crippen LogP) is 3.42. The van der Waals surface area contributed by atoms with Crippen molar-refractivity contribution in [2.45, 2.75) is 0 Å². The molecule has 0 fully saturated rings. The number of carbonyl (C=O) groups is 1. The average Bonchev–Trinajstić information content (AvgIpc) is 3.10. The molecule has 1 amide bonds. The highest BCUT2D eigenvalue weighted by Gasteiger charge is 2.27. The summed E-state index contributed by atoms with van der Waals surface area (Å²) in [5.41, 5.74) is 0.806. The topological polar surface area (TPSA) is 90.2 Å². The minimum absolute atomic E-state index is 0.0379. The van der Waals surface area contributed by atoms with E-state index in [1.165, 1.54) is 20.5 Å². The fourth-order valence-electron chi connectivity index (χ4n) is 2.61. The Labute approximate surface area is 143 Å². The fourth-order valence-corrected chi connectivity index (χ4v) is 2.61. The summed E-state index contributed by atoms with van der Waals surface area (Å²) >= 11 is 0. The molecule has 0 unspecified atom stereocenters. The minimum Gasteiger partial charge on any atom is -0.504 e. The zero-order valence-corrected chi connectivity index (χ0v) is 14.0. The van der Waals surface area contributed by atoms with Crippen LogP contribution in [0.1, 0.15) is 10.4 Å². The molecule has 0 spiro atoms. The summed E-state index contributed by atoms with van der Waals surface area (Å²) in [5, 5.41) is 13.7. The lowest BCUT2D eigenvalue weighted by Gasteiger charge is -2.15. The number of furan rings is 1. The van der Waals surface area contributed by atoms with E-state index in [1.807, 2.05) is 0 Å². The van der Waals surface area contributed by atoms with Gasteiger partial charge in [0.05, 0.1) is 33.0 Å². The number of amides is 1. The average molecular weight is 343 g/mol. The molecule has 2 N–H and O–H groups in total. The molecule has 25 heavy (non-hydrogen) atoms. The Morgan fingerprint density at radius 1 is 1.00 bits per heavy atom. The summed E-state index contributed by atoms with van der Waals surface area (Å²) in [5.74, 6) is 0.0439. The van der Waals surface area contributed by atoms with Crippen LogP contribution >= 0.6 is 0 Å². The van der Waals surface area contributed by atoms with Gasteiger partial charge in [-0.05, 0) is 30.3 Å². The molecule has 0 atom stereocenters. The van der Waals surface area contributed by atoms with Gasteiger partial charge in [-0.3, -0.25) is 4.79 Å². The maximum Gasteiger partial charge on any atom is 0.263 e. The first-order valence-corrected chi connectivity index (χ1v) is 7.40. The van der Waals surface area contributed by atoms with Crippen LogP contribution < -0.4 is 19.5 Å². The number of benzene rings is 2. The second-order valence-electron chi connectivity index (χ2n) is 5.14. The Morgan fingerprint density at radius 3 is 2.28 bits per heavy atom. The zero-order valence-electron chi connectivity index (χ0n) is 14.0. The first-order valence-electron chi connectivity index (χ1n) is 7.40. The molecule has 0 aliphatic carbocycles. The van der Waals surface area contributed by atoms with E-state index in [2.05, 4.69) is 5.32 Å². The number of phenols is 1. The Balaban J connectivity index is 2.06. The molecular weight excluding hydrogens is 326 g/mol. The van der Waals surface area contributed by atoms with E-state index < -0.39 is 5.91 Å². The number of hydrogen-bond donors (Lipinski definition) is 2. The van der Waals surface area contributed by atoms with Crippen LogP contribution in [0, 0.1) is 0 Å². The summed E-state index contributed by atoms with van der Waals surface area (Å²) in [6.07, 6.45) is 1.43. The minimum atomic E-state index is -0.541. The van der Waals surface area contributed by atoms with Gasteiger partial charge in [-0.2, -0.15) is 0 Å². The first kappa shape index (κ1) is 16.5. The summed E-state index contributed by atoms with van der Waals surface area (Å²) < 4.78 is 20.9. The smallest absolute Gasteiger partial charge is 0.263 e. The Hall–Kier alpha value is -3.35. The lowest BCUT2D eigenvalue weighted by Crippen LogP contribution is -2.14. The molecule has 0 bridgehead atoms. The number of rotatable bonds is 5. The molecule has 0 aliphatic heterocycles. The number of fused-ring (bicyclic) bond motifs is 1. The number of aromatic hydroxyl groups is 1. The SMILES string of the molecule is COc1ccc(NC(=O)c2c(O)c(OC)c3occc3c2OC)cc1. The van der Waals surface area contributed by atoms with Gasteiger partial charge in [-0.25, -0.2) is 0 Å². The number of ether oxygens (including phenoxy) is 3. The fraction of sp³-hybridized carbons (Fsp3) is 0.167. The quantitative estimate of drug-likeness (QED) is 0.738. The first-order chi connectivity index (χ1) is 12.1. The van der Waals surface area contributed by atoms with Gasteiger partial charge in [-0.15, -0.1) is 0 Å². The predicted molar refractivity (Wildman–Crippen MR) is 91.9 cm³/mol. The third-order valence-electron chi connectivity index (χ3n) is 3.78. The molecule has 0 saturated carbocycles. The maximum atomic E-state index is 12.7. The zero-order chi connectivity index (χ0) is 18.0. The molecule has 0 radical (unpaired) electrons. The molecule has 7 nitrogen and oxygen atoms in total.